The van der Waals surface area contributed by atoms with Crippen LogP contribution in [0.5, 0.6) is 0 Å². The molecule has 0 spiro atoms. The molecule has 0 atom stereocenters. The molecule has 0 radical (unpaired) electrons. The average Bonchev–Trinajstić information content (AvgIpc) is 2.48. The molecule has 3 rings (SSSR count). The molecule has 1 aromatic heterocycles. The summed E-state index contributed by atoms with van der Waals surface area (Å²) < 4.78 is 0. The summed E-state index contributed by atoms with van der Waals surface area (Å²) in [7, 11) is 0. The highest BCUT2D eigenvalue weighted by Gasteiger charge is 2.24. The van der Waals surface area contributed by atoms with Crippen LogP contribution in [0, 0.1) is 6.92 Å². The lowest BCUT2D eigenvalue weighted by molar-refractivity contribution is 0.408. The Kier molecular flexibility index (Phi) is 1.86. The Balaban J connectivity index is 2.03. The Morgan fingerprint density at radius 2 is 2.07 bits per heavy atom. The van der Waals surface area contributed by atoms with Gasteiger partial charge in [-0.05, 0) is 50.2 Å². The van der Waals surface area contributed by atoms with E-state index in [1.165, 1.54) is 61.0 Å². The van der Waals surface area contributed by atoms with Crippen LogP contribution in [0.4, 0.5) is 0 Å². The third-order valence-corrected chi connectivity index (χ3v) is 3.77. The molecule has 0 aliphatic heterocycles. The summed E-state index contributed by atoms with van der Waals surface area (Å²) >= 11 is 0. The summed E-state index contributed by atoms with van der Waals surface area (Å²) in [6, 6.07) is 2.39. The first kappa shape index (κ1) is 8.46. The van der Waals surface area contributed by atoms with Crippen LogP contribution in [-0.4, -0.2) is 4.98 Å². The van der Waals surface area contributed by atoms with E-state index in [1.807, 2.05) is 0 Å². The molecule has 1 heteroatoms. The van der Waals surface area contributed by atoms with Crippen LogP contribution in [0.15, 0.2) is 6.07 Å². The maximum Gasteiger partial charge on any atom is 0.0467 e. The number of pyridine rings is 1. The molecule has 74 valence electrons. The molecule has 0 aromatic carbocycles. The van der Waals surface area contributed by atoms with Crippen LogP contribution >= 0.6 is 0 Å². The molecule has 1 heterocycles. The van der Waals surface area contributed by atoms with Crippen LogP contribution in [-0.2, 0) is 12.8 Å². The van der Waals surface area contributed by atoms with Crippen molar-refractivity contribution in [2.24, 2.45) is 0 Å². The minimum Gasteiger partial charge on any atom is -0.257 e. The number of aryl methyl sites for hydroxylation is 3. The number of rotatable bonds is 1. The molecule has 1 aromatic rings. The van der Waals surface area contributed by atoms with E-state index in [0.717, 1.165) is 5.92 Å². The number of aromatic nitrogens is 1. The number of nitrogens with zero attached hydrogens (tertiary/aromatic N) is 1. The summed E-state index contributed by atoms with van der Waals surface area (Å²) in [6.07, 6.45) is 7.93. The highest BCUT2D eigenvalue weighted by Crippen LogP contribution is 2.38. The predicted octanol–water partition coefficient (Wildman–Crippen LogP) is 3.15. The molecule has 2 aliphatic rings. The highest BCUT2D eigenvalue weighted by molar-refractivity contribution is 5.34. The molecule has 1 saturated carbocycles. The Morgan fingerprint density at radius 1 is 1.21 bits per heavy atom. The van der Waals surface area contributed by atoms with E-state index < -0.39 is 0 Å². The lowest BCUT2D eigenvalue weighted by atomic mass is 9.81. The first-order valence-electron chi connectivity index (χ1n) is 5.84. The van der Waals surface area contributed by atoms with Gasteiger partial charge in [0.1, 0.15) is 0 Å². The van der Waals surface area contributed by atoms with E-state index in [0.29, 0.717) is 0 Å². The fourth-order valence-corrected chi connectivity index (χ4v) is 2.70. The van der Waals surface area contributed by atoms with E-state index in [4.69, 9.17) is 4.98 Å². The van der Waals surface area contributed by atoms with Gasteiger partial charge >= 0.3 is 0 Å². The highest BCUT2D eigenvalue weighted by atomic mass is 14.7. The average molecular weight is 187 g/mol. The van der Waals surface area contributed by atoms with E-state index in [2.05, 4.69) is 13.0 Å². The Bertz CT molecular complexity index is 364. The van der Waals surface area contributed by atoms with E-state index in [1.54, 1.807) is 0 Å². The quantitative estimate of drug-likeness (QED) is 0.658. The molecular weight excluding hydrogens is 170 g/mol. The van der Waals surface area contributed by atoms with Gasteiger partial charge in [0.2, 0.25) is 0 Å². The standard InChI is InChI=1S/C13H17N/c1-9-8-11-6-3-7-12(11)14-13(9)10-4-2-5-10/h8,10H,2-7H2,1H3. The summed E-state index contributed by atoms with van der Waals surface area (Å²) in [4.78, 5) is 4.87. The van der Waals surface area contributed by atoms with Crippen molar-refractivity contribution in [3.05, 3.63) is 28.6 Å². The monoisotopic (exact) mass is 187 g/mol. The van der Waals surface area contributed by atoms with Gasteiger partial charge in [0.15, 0.2) is 0 Å². The van der Waals surface area contributed by atoms with Crippen molar-refractivity contribution < 1.29 is 0 Å². The number of hydrogen-bond donors (Lipinski definition) is 0. The molecule has 1 nitrogen and oxygen atoms in total. The van der Waals surface area contributed by atoms with E-state index >= 15 is 0 Å². The van der Waals surface area contributed by atoms with Crippen LogP contribution in [0.25, 0.3) is 0 Å². The third-order valence-electron chi connectivity index (χ3n) is 3.77. The molecule has 1 fully saturated rings. The minimum absolute atomic E-state index is 0.792. The number of hydrogen-bond acceptors (Lipinski definition) is 1. The van der Waals surface area contributed by atoms with Crippen molar-refractivity contribution >= 4 is 0 Å². The van der Waals surface area contributed by atoms with Gasteiger partial charge in [-0.15, -0.1) is 0 Å². The maximum absolute atomic E-state index is 4.87. The van der Waals surface area contributed by atoms with Crippen molar-refractivity contribution in [3.63, 3.8) is 0 Å². The van der Waals surface area contributed by atoms with Gasteiger partial charge in [-0.2, -0.15) is 0 Å². The largest absolute Gasteiger partial charge is 0.257 e. The first-order valence-corrected chi connectivity index (χ1v) is 5.84. The van der Waals surface area contributed by atoms with Gasteiger partial charge in [0.05, 0.1) is 0 Å². The fraction of sp³-hybridized carbons (Fsp3) is 0.615. The molecular formula is C13H17N. The van der Waals surface area contributed by atoms with Gasteiger partial charge in [0, 0.05) is 17.3 Å². The topological polar surface area (TPSA) is 12.9 Å². The van der Waals surface area contributed by atoms with Gasteiger partial charge in [0.25, 0.3) is 0 Å². The Morgan fingerprint density at radius 3 is 2.79 bits per heavy atom. The lowest BCUT2D eigenvalue weighted by Gasteiger charge is -2.26. The molecule has 0 unspecified atom stereocenters. The van der Waals surface area contributed by atoms with Gasteiger partial charge < -0.3 is 0 Å². The fourth-order valence-electron chi connectivity index (χ4n) is 2.70. The molecule has 2 aliphatic carbocycles. The smallest absolute Gasteiger partial charge is 0.0467 e. The van der Waals surface area contributed by atoms with Crippen molar-refractivity contribution in [3.8, 4) is 0 Å². The normalized spacial score (nSPS) is 20.6. The van der Waals surface area contributed by atoms with Crippen LogP contribution in [0.3, 0.4) is 0 Å². The lowest BCUT2D eigenvalue weighted by Crippen LogP contribution is -2.13. The zero-order valence-corrected chi connectivity index (χ0v) is 8.84. The second-order valence-corrected chi connectivity index (χ2v) is 4.78. The Hall–Kier alpha value is -0.850. The summed E-state index contributed by atoms with van der Waals surface area (Å²) in [5, 5.41) is 0. The van der Waals surface area contributed by atoms with Crippen LogP contribution < -0.4 is 0 Å². The first-order chi connectivity index (χ1) is 6.84. The molecule has 0 N–H and O–H groups in total. The molecule has 0 amide bonds. The Labute approximate surface area is 85.6 Å². The van der Waals surface area contributed by atoms with Crippen LogP contribution in [0.2, 0.25) is 0 Å². The van der Waals surface area contributed by atoms with E-state index in [-0.39, 0.29) is 0 Å². The van der Waals surface area contributed by atoms with Gasteiger partial charge in [-0.25, -0.2) is 0 Å². The van der Waals surface area contributed by atoms with Gasteiger partial charge in [-0.3, -0.25) is 4.98 Å². The second-order valence-electron chi connectivity index (χ2n) is 4.78. The zero-order valence-electron chi connectivity index (χ0n) is 8.84. The SMILES string of the molecule is Cc1cc2c(nc1C1CCC1)CCC2. The maximum atomic E-state index is 4.87. The summed E-state index contributed by atoms with van der Waals surface area (Å²) in [5.74, 6) is 0.792. The number of fused-ring (bicyclic) bond motifs is 1. The third kappa shape index (κ3) is 1.18. The summed E-state index contributed by atoms with van der Waals surface area (Å²) in [6.45, 7) is 2.24. The molecule has 14 heavy (non-hydrogen) atoms. The van der Waals surface area contributed by atoms with Crippen molar-refractivity contribution in [2.45, 2.75) is 51.4 Å². The molecule has 0 saturated heterocycles. The molecule has 0 bridgehead atoms. The van der Waals surface area contributed by atoms with Gasteiger partial charge in [-0.1, -0.05) is 12.5 Å². The minimum atomic E-state index is 0.792. The second kappa shape index (κ2) is 3.08. The van der Waals surface area contributed by atoms with Crippen molar-refractivity contribution in [1.29, 1.82) is 0 Å². The van der Waals surface area contributed by atoms with Crippen molar-refractivity contribution in [1.82, 2.24) is 4.98 Å². The summed E-state index contributed by atoms with van der Waals surface area (Å²) in [5.41, 5.74) is 5.77. The zero-order chi connectivity index (χ0) is 9.54. The predicted molar refractivity (Wildman–Crippen MR) is 57.6 cm³/mol. The van der Waals surface area contributed by atoms with Crippen molar-refractivity contribution in [2.75, 3.05) is 0 Å². The van der Waals surface area contributed by atoms with E-state index in [9.17, 15) is 0 Å². The van der Waals surface area contributed by atoms with Crippen LogP contribution in [0.1, 0.15) is 54.1 Å².